The number of rotatable bonds is 3. The van der Waals surface area contributed by atoms with Crippen molar-refractivity contribution in [3.05, 3.63) is 34.4 Å². The fraction of sp³-hybridized carbons (Fsp3) is 0.333. The first-order valence-electron chi connectivity index (χ1n) is 5.09. The molecule has 0 heterocycles. The largest absolute Gasteiger partial charge is 0.469 e. The Morgan fingerprint density at radius 2 is 2.11 bits per heavy atom. The number of hydrogen-bond donors (Lipinski definition) is 0. The van der Waals surface area contributed by atoms with Crippen LogP contribution in [0.2, 0.25) is 0 Å². The summed E-state index contributed by atoms with van der Waals surface area (Å²) in [6.07, 6.45) is -4.96. The molecule has 102 valence electrons. The van der Waals surface area contributed by atoms with Crippen LogP contribution in [0.1, 0.15) is 22.3 Å². The van der Waals surface area contributed by atoms with Gasteiger partial charge in [0.1, 0.15) is 0 Å². The lowest BCUT2D eigenvalue weighted by atomic mass is 9.97. The first kappa shape index (κ1) is 15.3. The molecule has 7 heteroatoms. The maximum absolute atomic E-state index is 12.7. The van der Waals surface area contributed by atoms with Gasteiger partial charge in [-0.1, -0.05) is 0 Å². The summed E-state index contributed by atoms with van der Waals surface area (Å²) in [5.74, 6) is -0.859. The molecule has 0 aliphatic rings. The molecule has 1 aromatic carbocycles. The summed E-state index contributed by atoms with van der Waals surface area (Å²) in [6, 6.07) is 3.19. The Hall–Kier alpha value is -1.74. The molecule has 0 atom stereocenters. The summed E-state index contributed by atoms with van der Waals surface area (Å²) in [5, 5.41) is 8.86. The topological polar surface area (TPSA) is 50.1 Å². The molecule has 19 heavy (non-hydrogen) atoms. The average molecular weight is 292 g/mol. The van der Waals surface area contributed by atoms with Crippen molar-refractivity contribution in [3.8, 4) is 6.07 Å². The molecule has 0 aromatic heterocycles. The predicted octanol–water partition coefficient (Wildman–Crippen LogP) is 3.03. The van der Waals surface area contributed by atoms with Crippen LogP contribution in [-0.4, -0.2) is 13.1 Å². The Morgan fingerprint density at radius 3 is 2.53 bits per heavy atom. The van der Waals surface area contributed by atoms with Gasteiger partial charge >= 0.3 is 12.1 Å². The van der Waals surface area contributed by atoms with Gasteiger partial charge in [-0.2, -0.15) is 18.4 Å². The second-order valence-electron chi connectivity index (χ2n) is 3.66. The number of methoxy groups -OCH3 is 1. The summed E-state index contributed by atoms with van der Waals surface area (Å²) in [5.41, 5.74) is -0.920. The van der Waals surface area contributed by atoms with Gasteiger partial charge in [-0.05, 0) is 23.3 Å². The van der Waals surface area contributed by atoms with Gasteiger partial charge in [-0.15, -0.1) is 11.6 Å². The van der Waals surface area contributed by atoms with E-state index in [2.05, 4.69) is 4.74 Å². The zero-order valence-corrected chi connectivity index (χ0v) is 10.6. The summed E-state index contributed by atoms with van der Waals surface area (Å²) in [6.45, 7) is 0. The van der Waals surface area contributed by atoms with Crippen molar-refractivity contribution in [2.24, 2.45) is 0 Å². The number of hydrogen-bond acceptors (Lipinski definition) is 3. The number of nitrogens with zero attached hydrogens (tertiary/aromatic N) is 1. The Balaban J connectivity index is 3.41. The van der Waals surface area contributed by atoms with Crippen LogP contribution < -0.4 is 0 Å². The molecule has 0 saturated carbocycles. The van der Waals surface area contributed by atoms with E-state index in [9.17, 15) is 18.0 Å². The molecular weight excluding hydrogens is 283 g/mol. The van der Waals surface area contributed by atoms with Crippen molar-refractivity contribution in [3.63, 3.8) is 0 Å². The van der Waals surface area contributed by atoms with E-state index in [1.54, 1.807) is 6.07 Å². The highest BCUT2D eigenvalue weighted by atomic mass is 35.5. The van der Waals surface area contributed by atoms with Gasteiger partial charge in [0.25, 0.3) is 0 Å². The minimum absolute atomic E-state index is 0.0493. The Labute approximate surface area is 112 Å². The smallest absolute Gasteiger partial charge is 0.416 e. The molecule has 0 aliphatic carbocycles. The average Bonchev–Trinajstić information content (AvgIpc) is 2.36. The fourth-order valence-electron chi connectivity index (χ4n) is 1.54. The van der Waals surface area contributed by atoms with E-state index in [1.165, 1.54) is 0 Å². The summed E-state index contributed by atoms with van der Waals surface area (Å²) < 4.78 is 42.4. The number of alkyl halides is 4. The minimum Gasteiger partial charge on any atom is -0.469 e. The summed E-state index contributed by atoms with van der Waals surface area (Å²) in [7, 11) is 1.13. The maximum Gasteiger partial charge on any atom is 0.416 e. The lowest BCUT2D eigenvalue weighted by Crippen LogP contribution is -2.12. The third-order valence-corrected chi connectivity index (χ3v) is 2.75. The van der Waals surface area contributed by atoms with Crippen molar-refractivity contribution in [1.82, 2.24) is 0 Å². The van der Waals surface area contributed by atoms with E-state index >= 15 is 0 Å². The van der Waals surface area contributed by atoms with Crippen molar-refractivity contribution in [2.45, 2.75) is 18.5 Å². The number of nitriles is 1. The van der Waals surface area contributed by atoms with Gasteiger partial charge < -0.3 is 4.74 Å². The fourth-order valence-corrected chi connectivity index (χ4v) is 1.85. The monoisotopic (exact) mass is 291 g/mol. The van der Waals surface area contributed by atoms with Crippen LogP contribution in [0.5, 0.6) is 0 Å². The molecule has 3 nitrogen and oxygen atoms in total. The van der Waals surface area contributed by atoms with Gasteiger partial charge in [0.2, 0.25) is 0 Å². The molecule has 0 unspecified atom stereocenters. The van der Waals surface area contributed by atoms with E-state index in [1.807, 2.05) is 0 Å². The van der Waals surface area contributed by atoms with Crippen LogP contribution in [0.4, 0.5) is 13.2 Å². The minimum atomic E-state index is -4.60. The van der Waals surface area contributed by atoms with Crippen molar-refractivity contribution < 1.29 is 22.7 Å². The lowest BCUT2D eigenvalue weighted by Gasteiger charge is -2.13. The van der Waals surface area contributed by atoms with Crippen LogP contribution >= 0.6 is 11.6 Å². The van der Waals surface area contributed by atoms with Crippen LogP contribution in [0.25, 0.3) is 0 Å². The van der Waals surface area contributed by atoms with Gasteiger partial charge in [0, 0.05) is 5.88 Å². The zero-order valence-electron chi connectivity index (χ0n) is 9.84. The number of esters is 1. The number of carbonyl (C=O) groups is 1. The second kappa shape index (κ2) is 5.93. The normalized spacial score (nSPS) is 10.9. The van der Waals surface area contributed by atoms with Crippen molar-refractivity contribution in [1.29, 1.82) is 5.26 Å². The molecule has 1 aromatic rings. The van der Waals surface area contributed by atoms with E-state index in [0.29, 0.717) is 0 Å². The highest BCUT2D eigenvalue weighted by molar-refractivity contribution is 6.17. The van der Waals surface area contributed by atoms with Crippen LogP contribution in [0.3, 0.4) is 0 Å². The van der Waals surface area contributed by atoms with Gasteiger partial charge in [0.15, 0.2) is 0 Å². The molecule has 0 saturated heterocycles. The van der Waals surface area contributed by atoms with Gasteiger partial charge in [0.05, 0.1) is 30.7 Å². The van der Waals surface area contributed by atoms with Crippen molar-refractivity contribution in [2.75, 3.05) is 7.11 Å². The standard InChI is InChI=1S/C12H9ClF3NO2/c1-19-11(18)4-7-2-9(12(14,15)16)3-8(6-17)10(7)5-13/h2-3H,4-5H2,1H3. The second-order valence-corrected chi connectivity index (χ2v) is 3.92. The number of halogens is 4. The molecule has 0 aliphatic heterocycles. The SMILES string of the molecule is COC(=O)Cc1cc(C(F)(F)F)cc(C#N)c1CCl. The Kier molecular flexibility index (Phi) is 4.78. The van der Waals surface area contributed by atoms with Crippen LogP contribution in [0, 0.1) is 11.3 Å². The highest BCUT2D eigenvalue weighted by Crippen LogP contribution is 2.32. The van der Waals surface area contributed by atoms with E-state index in [0.717, 1.165) is 19.2 Å². The maximum atomic E-state index is 12.7. The predicted molar refractivity (Wildman–Crippen MR) is 61.4 cm³/mol. The number of benzene rings is 1. The third-order valence-electron chi connectivity index (χ3n) is 2.49. The Bertz CT molecular complexity index is 535. The van der Waals surface area contributed by atoms with Crippen molar-refractivity contribution >= 4 is 17.6 Å². The molecule has 0 radical (unpaired) electrons. The number of carbonyl (C=O) groups excluding carboxylic acids is 1. The van der Waals surface area contributed by atoms with Crippen LogP contribution in [-0.2, 0) is 28.0 Å². The van der Waals surface area contributed by atoms with E-state index in [-0.39, 0.29) is 29.0 Å². The molecule has 1 rings (SSSR count). The molecular formula is C12H9ClF3NO2. The lowest BCUT2D eigenvalue weighted by molar-refractivity contribution is -0.140. The zero-order chi connectivity index (χ0) is 14.6. The first-order chi connectivity index (χ1) is 8.83. The first-order valence-corrected chi connectivity index (χ1v) is 5.62. The summed E-state index contributed by atoms with van der Waals surface area (Å²) in [4.78, 5) is 11.2. The van der Waals surface area contributed by atoms with E-state index in [4.69, 9.17) is 16.9 Å². The van der Waals surface area contributed by atoms with Crippen LogP contribution in [0.15, 0.2) is 12.1 Å². The molecule has 0 spiro atoms. The summed E-state index contributed by atoms with van der Waals surface area (Å²) >= 11 is 5.62. The molecule has 0 bridgehead atoms. The molecule has 0 N–H and O–H groups in total. The third kappa shape index (κ3) is 3.61. The van der Waals surface area contributed by atoms with Gasteiger partial charge in [-0.3, -0.25) is 4.79 Å². The molecule has 0 amide bonds. The van der Waals surface area contributed by atoms with Gasteiger partial charge in [-0.25, -0.2) is 0 Å². The number of ether oxygens (including phenoxy) is 1. The Morgan fingerprint density at radius 1 is 1.47 bits per heavy atom. The highest BCUT2D eigenvalue weighted by Gasteiger charge is 2.32. The quantitative estimate of drug-likeness (QED) is 0.635. The van der Waals surface area contributed by atoms with E-state index < -0.39 is 17.7 Å². The molecule has 0 fully saturated rings.